The van der Waals surface area contributed by atoms with Crippen LogP contribution in [0.4, 0.5) is 0 Å². The Balaban J connectivity index is 2.22. The lowest BCUT2D eigenvalue weighted by Gasteiger charge is -2.16. The van der Waals surface area contributed by atoms with Gasteiger partial charge in [0.15, 0.2) is 5.78 Å². The third kappa shape index (κ3) is 1.89. The normalized spacial score (nSPS) is 13.0. The van der Waals surface area contributed by atoms with E-state index in [-0.39, 0.29) is 24.4 Å². The predicted molar refractivity (Wildman–Crippen MR) is 79.4 cm³/mol. The average molecular weight is 297 g/mol. The molecule has 112 valence electrons. The number of carboxylic acid groups (broad SMARTS) is 1. The Morgan fingerprint density at radius 3 is 2.32 bits per heavy atom. The number of rotatable bonds is 3. The van der Waals surface area contributed by atoms with Gasteiger partial charge in [-0.05, 0) is 18.9 Å². The van der Waals surface area contributed by atoms with E-state index >= 15 is 0 Å². The minimum atomic E-state index is -0.924. The number of hydrogen-bond acceptors (Lipinski definition) is 3. The molecule has 0 amide bonds. The molecule has 0 saturated carbocycles. The summed E-state index contributed by atoms with van der Waals surface area (Å²) in [6.07, 6.45) is 0.173. The van der Waals surface area contributed by atoms with Gasteiger partial charge in [0, 0.05) is 30.3 Å². The summed E-state index contributed by atoms with van der Waals surface area (Å²) in [7, 11) is 1.73. The Kier molecular flexibility index (Phi) is 3.20. The second kappa shape index (κ2) is 4.94. The molecule has 1 aliphatic rings. The fourth-order valence-electron chi connectivity index (χ4n) is 3.05. The summed E-state index contributed by atoms with van der Waals surface area (Å²) in [6.45, 7) is 1.81. The first kappa shape index (κ1) is 14.3. The van der Waals surface area contributed by atoms with E-state index < -0.39 is 5.97 Å². The molecule has 22 heavy (non-hydrogen) atoms. The van der Waals surface area contributed by atoms with Crippen molar-refractivity contribution in [3.8, 4) is 0 Å². The number of hydrogen-bond donors (Lipinski definition) is 1. The van der Waals surface area contributed by atoms with Gasteiger partial charge < -0.3 is 9.67 Å². The monoisotopic (exact) mass is 297 g/mol. The van der Waals surface area contributed by atoms with Crippen molar-refractivity contribution < 1.29 is 19.5 Å². The third-order valence-corrected chi connectivity index (χ3v) is 4.26. The van der Waals surface area contributed by atoms with E-state index in [0.717, 1.165) is 5.69 Å². The van der Waals surface area contributed by atoms with Crippen LogP contribution in [0.2, 0.25) is 0 Å². The van der Waals surface area contributed by atoms with Crippen LogP contribution in [0.5, 0.6) is 0 Å². The molecule has 1 aliphatic carbocycles. The van der Waals surface area contributed by atoms with E-state index in [1.807, 2.05) is 0 Å². The highest BCUT2D eigenvalue weighted by molar-refractivity contribution is 6.28. The first-order chi connectivity index (χ1) is 10.4. The third-order valence-electron chi connectivity index (χ3n) is 4.26. The van der Waals surface area contributed by atoms with Crippen molar-refractivity contribution in [1.82, 2.24) is 4.57 Å². The van der Waals surface area contributed by atoms with Crippen LogP contribution >= 0.6 is 0 Å². The van der Waals surface area contributed by atoms with E-state index in [2.05, 4.69) is 0 Å². The van der Waals surface area contributed by atoms with Gasteiger partial charge in [-0.2, -0.15) is 0 Å². The van der Waals surface area contributed by atoms with Gasteiger partial charge in [-0.3, -0.25) is 14.4 Å². The number of benzene rings is 1. The lowest BCUT2D eigenvalue weighted by Crippen LogP contribution is -2.22. The molecule has 0 saturated heterocycles. The standard InChI is InChI=1S/C17H15NO4/c1-9-10(7-8-13(19)20)14-15(18(9)2)17(22)12-6-4-3-5-11(12)16(14)21/h3-6H,7-8H2,1-2H3,(H,19,20). The van der Waals surface area contributed by atoms with Crippen LogP contribution in [-0.4, -0.2) is 27.2 Å². The quantitative estimate of drug-likeness (QED) is 0.803. The molecule has 0 aliphatic heterocycles. The maximum Gasteiger partial charge on any atom is 0.303 e. The SMILES string of the molecule is Cc1c(CCC(=O)O)c2c(n1C)C(=O)c1ccccc1C2=O. The lowest BCUT2D eigenvalue weighted by atomic mass is 9.85. The van der Waals surface area contributed by atoms with Crippen molar-refractivity contribution in [2.24, 2.45) is 7.05 Å². The summed E-state index contributed by atoms with van der Waals surface area (Å²) >= 11 is 0. The Morgan fingerprint density at radius 1 is 1.14 bits per heavy atom. The molecule has 1 N–H and O–H groups in total. The molecule has 0 fully saturated rings. The Hall–Kier alpha value is -2.69. The zero-order chi connectivity index (χ0) is 16.0. The van der Waals surface area contributed by atoms with Gasteiger partial charge in [-0.25, -0.2) is 0 Å². The first-order valence-electron chi connectivity index (χ1n) is 7.01. The van der Waals surface area contributed by atoms with Crippen molar-refractivity contribution in [2.45, 2.75) is 19.8 Å². The number of carbonyl (C=O) groups excluding carboxylic acids is 2. The molecule has 0 spiro atoms. The van der Waals surface area contributed by atoms with E-state index in [9.17, 15) is 14.4 Å². The van der Waals surface area contributed by atoms with Crippen LogP contribution in [0.1, 0.15) is 49.7 Å². The summed E-state index contributed by atoms with van der Waals surface area (Å²) in [6, 6.07) is 6.75. The van der Waals surface area contributed by atoms with Gasteiger partial charge in [-0.15, -0.1) is 0 Å². The highest BCUT2D eigenvalue weighted by Crippen LogP contribution is 2.33. The molecule has 0 unspecified atom stereocenters. The highest BCUT2D eigenvalue weighted by Gasteiger charge is 2.35. The van der Waals surface area contributed by atoms with Crippen molar-refractivity contribution in [3.05, 3.63) is 57.9 Å². The van der Waals surface area contributed by atoms with Crippen LogP contribution in [0.3, 0.4) is 0 Å². The minimum absolute atomic E-state index is 0.0690. The molecule has 0 bridgehead atoms. The number of aliphatic carboxylic acids is 1. The molecule has 1 aromatic heterocycles. The van der Waals surface area contributed by atoms with Crippen LogP contribution in [0, 0.1) is 6.92 Å². The summed E-state index contributed by atoms with van der Waals surface area (Å²) in [4.78, 5) is 36.3. The number of nitrogens with zero attached hydrogens (tertiary/aromatic N) is 1. The summed E-state index contributed by atoms with van der Waals surface area (Å²) in [5, 5.41) is 8.89. The number of carboxylic acids is 1. The maximum atomic E-state index is 12.8. The molecule has 1 heterocycles. The number of carbonyl (C=O) groups is 3. The summed E-state index contributed by atoms with van der Waals surface area (Å²) in [5.41, 5.74) is 2.95. The number of ketones is 2. The summed E-state index contributed by atoms with van der Waals surface area (Å²) < 4.78 is 1.70. The lowest BCUT2D eigenvalue weighted by molar-refractivity contribution is -0.136. The van der Waals surface area contributed by atoms with Crippen LogP contribution in [0.15, 0.2) is 24.3 Å². The second-order valence-electron chi connectivity index (χ2n) is 5.44. The molecule has 0 radical (unpaired) electrons. The van der Waals surface area contributed by atoms with Gasteiger partial charge in [0.1, 0.15) is 5.69 Å². The fraction of sp³-hybridized carbons (Fsp3) is 0.235. The smallest absolute Gasteiger partial charge is 0.303 e. The molecule has 3 rings (SSSR count). The average Bonchev–Trinajstić information content (AvgIpc) is 2.75. The predicted octanol–water partition coefficient (Wildman–Crippen LogP) is 2.13. The maximum absolute atomic E-state index is 12.8. The van der Waals surface area contributed by atoms with Crippen molar-refractivity contribution >= 4 is 17.5 Å². The zero-order valence-corrected chi connectivity index (χ0v) is 12.3. The highest BCUT2D eigenvalue weighted by atomic mass is 16.4. The van der Waals surface area contributed by atoms with Gasteiger partial charge in [-0.1, -0.05) is 24.3 Å². The molecular formula is C17H15NO4. The van der Waals surface area contributed by atoms with Crippen molar-refractivity contribution in [3.63, 3.8) is 0 Å². The van der Waals surface area contributed by atoms with Gasteiger partial charge >= 0.3 is 5.97 Å². The fourth-order valence-corrected chi connectivity index (χ4v) is 3.05. The molecular weight excluding hydrogens is 282 g/mol. The second-order valence-corrected chi connectivity index (χ2v) is 5.44. The molecule has 5 nitrogen and oxygen atoms in total. The molecule has 1 aromatic carbocycles. The van der Waals surface area contributed by atoms with E-state index in [4.69, 9.17) is 5.11 Å². The van der Waals surface area contributed by atoms with E-state index in [0.29, 0.717) is 27.9 Å². The van der Waals surface area contributed by atoms with Crippen LogP contribution < -0.4 is 0 Å². The molecule has 5 heteroatoms. The van der Waals surface area contributed by atoms with Gasteiger partial charge in [0.05, 0.1) is 5.56 Å². The summed E-state index contributed by atoms with van der Waals surface area (Å²) in [5.74, 6) is -1.31. The van der Waals surface area contributed by atoms with E-state index in [1.54, 1.807) is 42.8 Å². The molecule has 0 atom stereocenters. The minimum Gasteiger partial charge on any atom is -0.481 e. The van der Waals surface area contributed by atoms with Gasteiger partial charge in [0.25, 0.3) is 0 Å². The van der Waals surface area contributed by atoms with Gasteiger partial charge in [0.2, 0.25) is 5.78 Å². The van der Waals surface area contributed by atoms with E-state index in [1.165, 1.54) is 0 Å². The molecule has 2 aromatic rings. The number of aromatic nitrogens is 1. The Morgan fingerprint density at radius 2 is 1.73 bits per heavy atom. The zero-order valence-electron chi connectivity index (χ0n) is 12.3. The Labute approximate surface area is 127 Å². The van der Waals surface area contributed by atoms with Crippen LogP contribution in [-0.2, 0) is 18.3 Å². The largest absolute Gasteiger partial charge is 0.481 e. The van der Waals surface area contributed by atoms with Crippen LogP contribution in [0.25, 0.3) is 0 Å². The Bertz CT molecular complexity index is 829. The number of fused-ring (bicyclic) bond motifs is 2. The first-order valence-corrected chi connectivity index (χ1v) is 7.01. The van der Waals surface area contributed by atoms with Crippen molar-refractivity contribution in [1.29, 1.82) is 0 Å². The van der Waals surface area contributed by atoms with Crippen molar-refractivity contribution in [2.75, 3.05) is 0 Å². The topological polar surface area (TPSA) is 76.4 Å².